The molecule has 0 spiro atoms. The van der Waals surface area contributed by atoms with E-state index in [9.17, 15) is 9.18 Å². The molecule has 2 aliphatic carbocycles. The minimum atomic E-state index is -0.561. The van der Waals surface area contributed by atoms with Crippen LogP contribution < -0.4 is 5.73 Å². The van der Waals surface area contributed by atoms with Gasteiger partial charge in [-0.05, 0) is 77.2 Å². The maximum Gasteiger partial charge on any atom is 0.249 e. The number of benzene rings is 1. The number of fused-ring (bicyclic) bond motifs is 2. The molecule has 0 radical (unpaired) electrons. The third kappa shape index (κ3) is 2.26. The molecule has 4 heteroatoms. The number of allylic oxidation sites excluding steroid dienone is 3. The zero-order valence-corrected chi connectivity index (χ0v) is 13.5. The van der Waals surface area contributed by atoms with Crippen molar-refractivity contribution in [2.45, 2.75) is 32.6 Å². The molecule has 110 valence electrons. The lowest BCUT2D eigenvalue weighted by Gasteiger charge is -2.24. The Morgan fingerprint density at radius 1 is 1.52 bits per heavy atom. The molecule has 2 nitrogen and oxygen atoms in total. The molecule has 1 aromatic carbocycles. The maximum absolute atomic E-state index is 14.1. The summed E-state index contributed by atoms with van der Waals surface area (Å²) in [6, 6.07) is 1.25. The average Bonchev–Trinajstić information content (AvgIpc) is 2.80. The highest BCUT2D eigenvalue weighted by molar-refractivity contribution is 9.10. The fraction of sp³-hybridized carbons (Fsp3) is 0.353. The first-order valence-corrected chi connectivity index (χ1v) is 7.86. The standard InChI is InChI=1S/C17H17BrFNO/c1-8(2)9-3-4-11-10(5-9)6-12-13(17(20)21)7-14(19)16(18)15(11)12/h7,9H,1,3-6H2,2H3,(H2,20,21)/t9-/m0/s1. The van der Waals surface area contributed by atoms with Crippen molar-refractivity contribution in [1.29, 1.82) is 0 Å². The Bertz CT molecular complexity index is 705. The largest absolute Gasteiger partial charge is 0.366 e. The van der Waals surface area contributed by atoms with Gasteiger partial charge in [0.15, 0.2) is 0 Å². The van der Waals surface area contributed by atoms with E-state index in [1.165, 1.54) is 22.8 Å². The van der Waals surface area contributed by atoms with Crippen LogP contribution in [-0.2, 0) is 6.42 Å². The summed E-state index contributed by atoms with van der Waals surface area (Å²) in [6.07, 6.45) is 3.58. The van der Waals surface area contributed by atoms with Gasteiger partial charge in [0, 0.05) is 5.56 Å². The van der Waals surface area contributed by atoms with Crippen LogP contribution in [0.25, 0.3) is 5.57 Å². The number of rotatable bonds is 2. The van der Waals surface area contributed by atoms with E-state index in [1.807, 2.05) is 0 Å². The second-order valence-corrected chi connectivity index (χ2v) is 6.78. The lowest BCUT2D eigenvalue weighted by Crippen LogP contribution is -2.15. The molecule has 3 rings (SSSR count). The number of nitrogens with two attached hydrogens (primary N) is 1. The predicted molar refractivity (Wildman–Crippen MR) is 85.4 cm³/mol. The van der Waals surface area contributed by atoms with Gasteiger partial charge < -0.3 is 5.73 Å². The highest BCUT2D eigenvalue weighted by Crippen LogP contribution is 2.48. The normalized spacial score (nSPS) is 20.2. The molecule has 2 N–H and O–H groups in total. The number of halogens is 2. The summed E-state index contributed by atoms with van der Waals surface area (Å²) in [7, 11) is 0. The van der Waals surface area contributed by atoms with Gasteiger partial charge >= 0.3 is 0 Å². The Morgan fingerprint density at radius 3 is 2.86 bits per heavy atom. The molecular weight excluding hydrogens is 333 g/mol. The van der Waals surface area contributed by atoms with E-state index in [4.69, 9.17) is 5.73 Å². The number of amides is 1. The Morgan fingerprint density at radius 2 is 2.24 bits per heavy atom. The van der Waals surface area contributed by atoms with Gasteiger partial charge in [-0.15, -0.1) is 0 Å². The van der Waals surface area contributed by atoms with Crippen LogP contribution in [0.3, 0.4) is 0 Å². The molecule has 1 atom stereocenters. The SMILES string of the molecule is C=C(C)[C@H]1CCC2=C(Cc3c(C(N)=O)cc(F)c(Br)c32)C1. The molecule has 1 amide bonds. The van der Waals surface area contributed by atoms with E-state index >= 15 is 0 Å². The van der Waals surface area contributed by atoms with Gasteiger partial charge in [0.05, 0.1) is 4.47 Å². The Balaban J connectivity index is 2.11. The zero-order chi connectivity index (χ0) is 15.3. The molecule has 0 unspecified atom stereocenters. The Kier molecular flexibility index (Phi) is 3.52. The predicted octanol–water partition coefficient (Wildman–Crippen LogP) is 4.37. The highest BCUT2D eigenvalue weighted by Gasteiger charge is 2.33. The smallest absolute Gasteiger partial charge is 0.249 e. The van der Waals surface area contributed by atoms with Crippen molar-refractivity contribution in [2.75, 3.05) is 0 Å². The first kappa shape index (κ1) is 14.5. The first-order valence-electron chi connectivity index (χ1n) is 7.07. The summed E-state index contributed by atoms with van der Waals surface area (Å²) in [5.41, 5.74) is 11.2. The van der Waals surface area contributed by atoms with Gasteiger partial charge in [0.25, 0.3) is 0 Å². The van der Waals surface area contributed by atoms with Crippen molar-refractivity contribution in [3.8, 4) is 0 Å². The Hall–Kier alpha value is -1.42. The highest BCUT2D eigenvalue weighted by atomic mass is 79.9. The third-order valence-corrected chi connectivity index (χ3v) is 5.42. The summed E-state index contributed by atoms with van der Waals surface area (Å²) in [4.78, 5) is 11.6. The van der Waals surface area contributed by atoms with E-state index in [-0.39, 0.29) is 0 Å². The zero-order valence-electron chi connectivity index (χ0n) is 11.9. The van der Waals surface area contributed by atoms with Gasteiger partial charge in [-0.1, -0.05) is 17.7 Å². The second kappa shape index (κ2) is 5.09. The molecule has 1 aromatic rings. The monoisotopic (exact) mass is 349 g/mol. The molecule has 0 bridgehead atoms. The molecule has 0 heterocycles. The van der Waals surface area contributed by atoms with Crippen LogP contribution in [-0.4, -0.2) is 5.91 Å². The van der Waals surface area contributed by atoms with Gasteiger partial charge in [-0.2, -0.15) is 0 Å². The molecular formula is C17H17BrFNO. The van der Waals surface area contributed by atoms with Crippen LogP contribution in [0.15, 0.2) is 28.3 Å². The lowest BCUT2D eigenvalue weighted by molar-refractivity contribution is 0.0999. The van der Waals surface area contributed by atoms with Crippen LogP contribution in [0.1, 0.15) is 47.7 Å². The molecule has 0 aromatic heterocycles. The van der Waals surface area contributed by atoms with Crippen molar-refractivity contribution < 1.29 is 9.18 Å². The molecule has 2 aliphatic rings. The van der Waals surface area contributed by atoms with E-state index in [2.05, 4.69) is 29.4 Å². The number of hydrogen-bond donors (Lipinski definition) is 1. The fourth-order valence-corrected chi connectivity index (χ4v) is 4.11. The van der Waals surface area contributed by atoms with Crippen molar-refractivity contribution in [3.63, 3.8) is 0 Å². The minimum absolute atomic E-state index is 0.312. The summed E-state index contributed by atoms with van der Waals surface area (Å²) >= 11 is 3.34. The molecule has 0 aliphatic heterocycles. The van der Waals surface area contributed by atoms with Crippen LogP contribution in [0.2, 0.25) is 0 Å². The van der Waals surface area contributed by atoms with E-state index < -0.39 is 11.7 Å². The van der Waals surface area contributed by atoms with E-state index in [1.54, 1.807) is 0 Å². The van der Waals surface area contributed by atoms with Crippen LogP contribution in [0, 0.1) is 11.7 Å². The second-order valence-electron chi connectivity index (χ2n) is 5.98. The number of carbonyl (C=O) groups excluding carboxylic acids is 1. The maximum atomic E-state index is 14.1. The minimum Gasteiger partial charge on any atom is -0.366 e. The fourth-order valence-electron chi connectivity index (χ4n) is 3.51. The summed E-state index contributed by atoms with van der Waals surface area (Å²) < 4.78 is 14.5. The molecule has 0 saturated heterocycles. The van der Waals surface area contributed by atoms with Gasteiger partial charge in [0.2, 0.25) is 5.91 Å². The lowest BCUT2D eigenvalue weighted by atomic mass is 9.81. The Labute approximate surface area is 132 Å². The summed E-state index contributed by atoms with van der Waals surface area (Å²) in [5.74, 6) is -0.494. The number of primary amides is 1. The number of carbonyl (C=O) groups is 1. The summed E-state index contributed by atoms with van der Waals surface area (Å²) in [5, 5.41) is 0. The average molecular weight is 350 g/mol. The van der Waals surface area contributed by atoms with Crippen LogP contribution >= 0.6 is 15.9 Å². The van der Waals surface area contributed by atoms with Gasteiger partial charge in [-0.3, -0.25) is 4.79 Å². The van der Waals surface area contributed by atoms with Crippen molar-refractivity contribution in [2.24, 2.45) is 11.7 Å². The van der Waals surface area contributed by atoms with Gasteiger partial charge in [-0.25, -0.2) is 4.39 Å². The molecule has 0 fully saturated rings. The van der Waals surface area contributed by atoms with E-state index in [0.29, 0.717) is 22.4 Å². The van der Waals surface area contributed by atoms with Crippen molar-refractivity contribution in [1.82, 2.24) is 0 Å². The molecule has 0 saturated carbocycles. The van der Waals surface area contributed by atoms with Crippen LogP contribution in [0.4, 0.5) is 4.39 Å². The number of hydrogen-bond acceptors (Lipinski definition) is 1. The first-order chi connectivity index (χ1) is 9.90. The van der Waals surface area contributed by atoms with E-state index in [0.717, 1.165) is 30.4 Å². The quantitative estimate of drug-likeness (QED) is 0.791. The van der Waals surface area contributed by atoms with Gasteiger partial charge in [0.1, 0.15) is 5.82 Å². The van der Waals surface area contributed by atoms with Crippen LogP contribution in [0.5, 0.6) is 0 Å². The summed E-state index contributed by atoms with van der Waals surface area (Å²) in [6.45, 7) is 6.11. The van der Waals surface area contributed by atoms with Crippen molar-refractivity contribution in [3.05, 3.63) is 50.8 Å². The van der Waals surface area contributed by atoms with Crippen molar-refractivity contribution >= 4 is 27.4 Å². The topological polar surface area (TPSA) is 43.1 Å². The molecule has 21 heavy (non-hydrogen) atoms. The third-order valence-electron chi connectivity index (χ3n) is 4.64.